The van der Waals surface area contributed by atoms with Gasteiger partial charge in [0.1, 0.15) is 5.82 Å². The van der Waals surface area contributed by atoms with Crippen molar-refractivity contribution in [2.45, 2.75) is 52.4 Å². The van der Waals surface area contributed by atoms with E-state index < -0.39 is 0 Å². The maximum absolute atomic E-state index is 5.98. The summed E-state index contributed by atoms with van der Waals surface area (Å²) in [5, 5.41) is 7.83. The summed E-state index contributed by atoms with van der Waals surface area (Å²) in [7, 11) is 0. The second-order valence-electron chi connectivity index (χ2n) is 8.64. The van der Waals surface area contributed by atoms with Crippen molar-refractivity contribution in [3.05, 3.63) is 30.7 Å². The first-order valence-corrected chi connectivity index (χ1v) is 10.2. The second kappa shape index (κ2) is 7.73. The molecular weight excluding hydrogens is 350 g/mol. The van der Waals surface area contributed by atoms with E-state index in [1.165, 1.54) is 38.5 Å². The molecular formula is C21H29N7. The normalized spacial score (nSPS) is 17.9. The molecule has 28 heavy (non-hydrogen) atoms. The van der Waals surface area contributed by atoms with Crippen molar-refractivity contribution in [3.63, 3.8) is 0 Å². The number of aromatic nitrogens is 5. The third-order valence-electron chi connectivity index (χ3n) is 5.80. The topological polar surface area (TPSA) is 94.0 Å². The van der Waals surface area contributed by atoms with E-state index in [1.54, 1.807) is 16.9 Å². The largest absolute Gasteiger partial charge is 0.370 e. The molecule has 3 heterocycles. The summed E-state index contributed by atoms with van der Waals surface area (Å²) >= 11 is 0. The minimum absolute atomic E-state index is 0.259. The van der Waals surface area contributed by atoms with Crippen LogP contribution < -0.4 is 11.1 Å². The Morgan fingerprint density at radius 2 is 2.00 bits per heavy atom. The lowest BCUT2D eigenvalue weighted by atomic mass is 9.77. The summed E-state index contributed by atoms with van der Waals surface area (Å²) in [4.78, 5) is 13.2. The molecule has 0 unspecified atom stereocenters. The highest BCUT2D eigenvalue weighted by molar-refractivity contribution is 5.76. The molecule has 0 radical (unpaired) electrons. The van der Waals surface area contributed by atoms with Gasteiger partial charge in [-0.2, -0.15) is 10.1 Å². The summed E-state index contributed by atoms with van der Waals surface area (Å²) in [5.41, 5.74) is 8.83. The van der Waals surface area contributed by atoms with Gasteiger partial charge in [0, 0.05) is 25.0 Å². The van der Waals surface area contributed by atoms with Crippen LogP contribution in [0, 0.1) is 11.3 Å². The summed E-state index contributed by atoms with van der Waals surface area (Å²) in [5.74, 6) is 1.70. The average Bonchev–Trinajstić information content (AvgIpc) is 3.08. The minimum Gasteiger partial charge on any atom is -0.370 e. The zero-order valence-corrected chi connectivity index (χ0v) is 16.7. The van der Waals surface area contributed by atoms with Gasteiger partial charge in [0.2, 0.25) is 5.95 Å². The van der Waals surface area contributed by atoms with Crippen molar-refractivity contribution in [1.29, 1.82) is 0 Å². The summed E-state index contributed by atoms with van der Waals surface area (Å²) in [6.45, 7) is 5.71. The SMILES string of the molecule is CC1(C)CCCC(CNc2cc(-c3cnn4cccnc34)nc(N)n2)CCC1. The number of nitrogens with two attached hydrogens (primary N) is 1. The molecule has 7 heteroatoms. The zero-order valence-electron chi connectivity index (χ0n) is 16.7. The van der Waals surface area contributed by atoms with Crippen LogP contribution in [0.25, 0.3) is 16.9 Å². The van der Waals surface area contributed by atoms with Gasteiger partial charge >= 0.3 is 0 Å². The molecule has 0 atom stereocenters. The molecule has 3 aromatic rings. The number of hydrogen-bond acceptors (Lipinski definition) is 6. The molecule has 4 rings (SSSR count). The number of nitrogens with zero attached hydrogens (tertiary/aromatic N) is 5. The predicted octanol–water partition coefficient (Wildman–Crippen LogP) is 4.18. The van der Waals surface area contributed by atoms with Crippen LogP contribution in [0.2, 0.25) is 0 Å². The first-order valence-electron chi connectivity index (χ1n) is 10.2. The molecule has 148 valence electrons. The second-order valence-corrected chi connectivity index (χ2v) is 8.64. The Kier molecular flexibility index (Phi) is 5.15. The van der Waals surface area contributed by atoms with Crippen molar-refractivity contribution in [1.82, 2.24) is 24.6 Å². The molecule has 0 amide bonds. The van der Waals surface area contributed by atoms with E-state index in [2.05, 4.69) is 39.2 Å². The van der Waals surface area contributed by atoms with Crippen LogP contribution in [0.1, 0.15) is 52.4 Å². The molecule has 1 saturated carbocycles. The number of nitrogens with one attached hydrogen (secondary N) is 1. The monoisotopic (exact) mass is 379 g/mol. The molecule has 1 fully saturated rings. The Morgan fingerprint density at radius 1 is 1.21 bits per heavy atom. The third-order valence-corrected chi connectivity index (χ3v) is 5.80. The van der Waals surface area contributed by atoms with Crippen LogP contribution in [0.4, 0.5) is 11.8 Å². The molecule has 0 spiro atoms. The Balaban J connectivity index is 1.47. The van der Waals surface area contributed by atoms with Crippen molar-refractivity contribution in [2.24, 2.45) is 11.3 Å². The summed E-state index contributed by atoms with van der Waals surface area (Å²) < 4.78 is 1.73. The first-order chi connectivity index (χ1) is 13.5. The Morgan fingerprint density at radius 3 is 2.79 bits per heavy atom. The Hall–Kier alpha value is -2.70. The molecule has 1 aliphatic rings. The maximum atomic E-state index is 5.98. The molecule has 0 aromatic carbocycles. The molecule has 7 nitrogen and oxygen atoms in total. The number of anilines is 2. The average molecular weight is 380 g/mol. The van der Waals surface area contributed by atoms with E-state index in [0.717, 1.165) is 29.3 Å². The predicted molar refractivity (Wildman–Crippen MR) is 112 cm³/mol. The van der Waals surface area contributed by atoms with Gasteiger partial charge in [-0.15, -0.1) is 0 Å². The third kappa shape index (κ3) is 4.24. The minimum atomic E-state index is 0.259. The Bertz CT molecular complexity index is 935. The fourth-order valence-corrected chi connectivity index (χ4v) is 4.16. The van der Waals surface area contributed by atoms with E-state index in [9.17, 15) is 0 Å². The van der Waals surface area contributed by atoms with Crippen LogP contribution in [-0.2, 0) is 0 Å². The van der Waals surface area contributed by atoms with Crippen molar-refractivity contribution >= 4 is 17.4 Å². The van der Waals surface area contributed by atoms with E-state index in [0.29, 0.717) is 11.3 Å². The molecule has 0 saturated heterocycles. The molecule has 0 bridgehead atoms. The Labute approximate surface area is 165 Å². The lowest BCUT2D eigenvalue weighted by molar-refractivity contribution is 0.240. The summed E-state index contributed by atoms with van der Waals surface area (Å²) in [6.07, 6.45) is 13.1. The zero-order chi connectivity index (χ0) is 19.6. The van der Waals surface area contributed by atoms with Gasteiger partial charge in [-0.3, -0.25) is 0 Å². The number of rotatable bonds is 4. The highest BCUT2D eigenvalue weighted by Crippen LogP contribution is 2.34. The van der Waals surface area contributed by atoms with Gasteiger partial charge < -0.3 is 11.1 Å². The van der Waals surface area contributed by atoms with E-state index in [1.807, 2.05) is 18.3 Å². The van der Waals surface area contributed by atoms with E-state index in [4.69, 9.17) is 5.73 Å². The molecule has 0 aliphatic heterocycles. The highest BCUT2D eigenvalue weighted by Gasteiger charge is 2.22. The van der Waals surface area contributed by atoms with Gasteiger partial charge in [0.05, 0.1) is 17.5 Å². The number of hydrogen-bond donors (Lipinski definition) is 2. The standard InChI is InChI=1S/C21H29N7/c1-21(2)8-3-6-15(7-4-9-21)13-24-18-12-17(26-20(22)27-18)16-14-25-28-11-5-10-23-19(16)28/h5,10-12,14-15H,3-4,6-9,13H2,1-2H3,(H3,22,24,26,27). The lowest BCUT2D eigenvalue weighted by Gasteiger charge is -2.30. The quantitative estimate of drug-likeness (QED) is 0.706. The van der Waals surface area contributed by atoms with Crippen molar-refractivity contribution in [2.75, 3.05) is 17.6 Å². The van der Waals surface area contributed by atoms with Crippen LogP contribution >= 0.6 is 0 Å². The van der Waals surface area contributed by atoms with Crippen LogP contribution in [0.15, 0.2) is 30.7 Å². The van der Waals surface area contributed by atoms with Gasteiger partial charge in [0.25, 0.3) is 0 Å². The number of fused-ring (bicyclic) bond motifs is 1. The van der Waals surface area contributed by atoms with Crippen LogP contribution in [-0.4, -0.2) is 31.1 Å². The molecule has 3 aromatic heterocycles. The maximum Gasteiger partial charge on any atom is 0.222 e. The van der Waals surface area contributed by atoms with E-state index >= 15 is 0 Å². The summed E-state index contributed by atoms with van der Waals surface area (Å²) in [6, 6.07) is 3.79. The highest BCUT2D eigenvalue weighted by atomic mass is 15.2. The van der Waals surface area contributed by atoms with Gasteiger partial charge in [-0.25, -0.2) is 14.5 Å². The lowest BCUT2D eigenvalue weighted by Crippen LogP contribution is -2.21. The van der Waals surface area contributed by atoms with Gasteiger partial charge in [-0.1, -0.05) is 26.7 Å². The van der Waals surface area contributed by atoms with Crippen LogP contribution in [0.5, 0.6) is 0 Å². The first kappa shape index (κ1) is 18.7. The molecule has 1 aliphatic carbocycles. The van der Waals surface area contributed by atoms with Crippen molar-refractivity contribution in [3.8, 4) is 11.3 Å². The molecule has 3 N–H and O–H groups in total. The van der Waals surface area contributed by atoms with Crippen LogP contribution in [0.3, 0.4) is 0 Å². The van der Waals surface area contributed by atoms with Crippen molar-refractivity contribution < 1.29 is 0 Å². The van der Waals surface area contributed by atoms with Gasteiger partial charge in [0.15, 0.2) is 5.65 Å². The van der Waals surface area contributed by atoms with Gasteiger partial charge in [-0.05, 0) is 43.1 Å². The fourth-order valence-electron chi connectivity index (χ4n) is 4.16. The van der Waals surface area contributed by atoms with E-state index in [-0.39, 0.29) is 5.95 Å². The fraction of sp³-hybridized carbons (Fsp3) is 0.524. The number of nitrogen functional groups attached to an aromatic ring is 1. The smallest absolute Gasteiger partial charge is 0.222 e.